The maximum atomic E-state index is 11.9. The highest BCUT2D eigenvalue weighted by atomic mass is 16.6. The summed E-state index contributed by atoms with van der Waals surface area (Å²) in [4.78, 5) is 24.8. The Labute approximate surface area is 133 Å². The summed E-state index contributed by atoms with van der Waals surface area (Å²) < 4.78 is 0. The predicted octanol–water partition coefficient (Wildman–Crippen LogP) is 1.31. The van der Waals surface area contributed by atoms with Crippen molar-refractivity contribution in [2.45, 2.75) is 31.8 Å². The van der Waals surface area contributed by atoms with Crippen LogP contribution in [0, 0.1) is 10.1 Å². The molecule has 0 aromatic heterocycles. The fraction of sp³-hybridized carbons (Fsp3) is 0.533. The molecule has 0 saturated carbocycles. The number of nitro groups is 1. The highest BCUT2D eigenvalue weighted by Gasteiger charge is 2.29. The largest absolute Gasteiger partial charge is 0.394 e. The number of fused-ring (bicyclic) bond motifs is 1. The van der Waals surface area contributed by atoms with E-state index < -0.39 is 11.0 Å². The molecule has 1 amide bonds. The van der Waals surface area contributed by atoms with Gasteiger partial charge in [-0.15, -0.1) is 0 Å². The van der Waals surface area contributed by atoms with Gasteiger partial charge in [-0.25, -0.2) is 0 Å². The summed E-state index contributed by atoms with van der Waals surface area (Å²) in [7, 11) is 0. The number of hydrogen-bond acceptors (Lipinski definition) is 6. The maximum Gasteiger partial charge on any atom is 0.271 e. The molecule has 1 fully saturated rings. The van der Waals surface area contributed by atoms with Gasteiger partial charge in [-0.3, -0.25) is 19.8 Å². The van der Waals surface area contributed by atoms with E-state index in [0.717, 1.165) is 31.5 Å². The van der Waals surface area contributed by atoms with Crippen LogP contribution in [0.5, 0.6) is 0 Å². The number of nitro benzene ring substituents is 1. The first-order valence-electron chi connectivity index (χ1n) is 7.80. The molecule has 1 aromatic rings. The van der Waals surface area contributed by atoms with Crippen LogP contribution in [-0.2, 0) is 11.3 Å². The molecule has 1 saturated heterocycles. The molecule has 1 atom stereocenters. The number of aliphatic hydroxyl groups excluding tert-OH is 1. The normalized spacial score (nSPS) is 21.3. The molecular weight excluding hydrogens is 300 g/mol. The molecule has 3 rings (SSSR count). The predicted molar refractivity (Wildman–Crippen MR) is 85.4 cm³/mol. The lowest BCUT2D eigenvalue weighted by molar-refractivity contribution is -0.384. The number of hydrogen-bond donors (Lipinski definition) is 3. The number of benzene rings is 1. The first-order valence-corrected chi connectivity index (χ1v) is 7.80. The molecule has 1 unspecified atom stereocenters. The van der Waals surface area contributed by atoms with Crippen molar-refractivity contribution in [2.24, 2.45) is 0 Å². The Kier molecular flexibility index (Phi) is 4.44. The van der Waals surface area contributed by atoms with Crippen molar-refractivity contribution in [1.29, 1.82) is 0 Å². The van der Waals surface area contributed by atoms with E-state index in [0.29, 0.717) is 17.9 Å². The zero-order chi connectivity index (χ0) is 16.4. The van der Waals surface area contributed by atoms with Crippen LogP contribution in [0.15, 0.2) is 12.1 Å². The summed E-state index contributed by atoms with van der Waals surface area (Å²) in [5.74, 6) is -0.385. The van der Waals surface area contributed by atoms with Crippen LogP contribution in [0.3, 0.4) is 0 Å². The Morgan fingerprint density at radius 1 is 1.30 bits per heavy atom. The fourth-order valence-electron chi connectivity index (χ4n) is 3.13. The number of piperidine rings is 1. The van der Waals surface area contributed by atoms with Gasteiger partial charge in [-0.1, -0.05) is 6.42 Å². The van der Waals surface area contributed by atoms with Gasteiger partial charge in [0, 0.05) is 18.7 Å². The highest BCUT2D eigenvalue weighted by molar-refractivity contribution is 6.04. The monoisotopic (exact) mass is 320 g/mol. The molecule has 1 aromatic carbocycles. The van der Waals surface area contributed by atoms with Crippen LogP contribution in [0.2, 0.25) is 0 Å². The van der Waals surface area contributed by atoms with Gasteiger partial charge < -0.3 is 15.7 Å². The zero-order valence-electron chi connectivity index (χ0n) is 12.7. The average Bonchev–Trinajstić information content (AvgIpc) is 2.55. The smallest absolute Gasteiger partial charge is 0.271 e. The van der Waals surface area contributed by atoms with Gasteiger partial charge in [0.05, 0.1) is 22.9 Å². The summed E-state index contributed by atoms with van der Waals surface area (Å²) in [5, 5.41) is 26.1. The van der Waals surface area contributed by atoms with Gasteiger partial charge in [-0.05, 0) is 31.5 Å². The minimum absolute atomic E-state index is 0.0414. The minimum atomic E-state index is -0.732. The number of aliphatic hydroxyl groups is 1. The summed E-state index contributed by atoms with van der Waals surface area (Å²) in [6.45, 7) is 2.19. The summed E-state index contributed by atoms with van der Waals surface area (Å²) in [5.41, 5.74) is 1.80. The second kappa shape index (κ2) is 6.51. The third-order valence-electron chi connectivity index (χ3n) is 4.33. The summed E-state index contributed by atoms with van der Waals surface area (Å²) in [6, 6.07) is 2.17. The van der Waals surface area contributed by atoms with Crippen LogP contribution in [0.4, 0.5) is 17.1 Å². The fourth-order valence-corrected chi connectivity index (χ4v) is 3.13. The van der Waals surface area contributed by atoms with E-state index in [4.69, 9.17) is 0 Å². The molecule has 8 heteroatoms. The summed E-state index contributed by atoms with van der Waals surface area (Å²) >= 11 is 0. The van der Waals surface area contributed by atoms with Crippen molar-refractivity contribution in [3.8, 4) is 0 Å². The van der Waals surface area contributed by atoms with Crippen LogP contribution >= 0.6 is 0 Å². The van der Waals surface area contributed by atoms with Gasteiger partial charge >= 0.3 is 0 Å². The molecule has 3 N–H and O–H groups in total. The molecule has 2 aliphatic rings. The molecule has 23 heavy (non-hydrogen) atoms. The van der Waals surface area contributed by atoms with E-state index in [1.165, 1.54) is 12.5 Å². The Balaban J connectivity index is 1.95. The second-order valence-electron chi connectivity index (χ2n) is 5.99. The van der Waals surface area contributed by atoms with E-state index in [9.17, 15) is 20.0 Å². The van der Waals surface area contributed by atoms with E-state index in [-0.39, 0.29) is 18.2 Å². The van der Waals surface area contributed by atoms with Crippen molar-refractivity contribution < 1.29 is 14.8 Å². The number of likely N-dealkylation sites (tertiary alicyclic amines) is 1. The highest BCUT2D eigenvalue weighted by Crippen LogP contribution is 2.35. The topological polar surface area (TPSA) is 108 Å². The number of rotatable bonds is 4. The first kappa shape index (κ1) is 15.7. The van der Waals surface area contributed by atoms with E-state index in [1.807, 2.05) is 0 Å². The molecule has 0 bridgehead atoms. The van der Waals surface area contributed by atoms with Crippen LogP contribution < -0.4 is 10.6 Å². The summed E-state index contributed by atoms with van der Waals surface area (Å²) in [6.07, 6.45) is 3.46. The maximum absolute atomic E-state index is 11.9. The molecule has 0 radical (unpaired) electrons. The molecule has 2 aliphatic heterocycles. The van der Waals surface area contributed by atoms with Crippen LogP contribution in [0.1, 0.15) is 24.8 Å². The van der Waals surface area contributed by atoms with Crippen molar-refractivity contribution in [3.05, 3.63) is 27.8 Å². The van der Waals surface area contributed by atoms with Gasteiger partial charge in [0.2, 0.25) is 5.91 Å². The molecule has 8 nitrogen and oxygen atoms in total. The minimum Gasteiger partial charge on any atom is -0.394 e. The lowest BCUT2D eigenvalue weighted by atomic mass is 10.0. The number of nitrogens with zero attached hydrogens (tertiary/aromatic N) is 2. The van der Waals surface area contributed by atoms with Crippen molar-refractivity contribution in [3.63, 3.8) is 0 Å². The average molecular weight is 320 g/mol. The van der Waals surface area contributed by atoms with Crippen molar-refractivity contribution >= 4 is 23.0 Å². The van der Waals surface area contributed by atoms with E-state index in [1.54, 1.807) is 6.07 Å². The number of nitrogens with one attached hydrogen (secondary N) is 2. The number of carbonyl (C=O) groups is 1. The van der Waals surface area contributed by atoms with Crippen LogP contribution in [0.25, 0.3) is 0 Å². The molecular formula is C15H20N4O4. The first-order chi connectivity index (χ1) is 11.1. The number of anilines is 2. The van der Waals surface area contributed by atoms with Gasteiger partial charge in [0.1, 0.15) is 6.04 Å². The molecule has 2 heterocycles. The second-order valence-corrected chi connectivity index (χ2v) is 5.99. The lowest BCUT2D eigenvalue weighted by Gasteiger charge is -2.31. The zero-order valence-corrected chi connectivity index (χ0v) is 12.7. The third-order valence-corrected chi connectivity index (χ3v) is 4.33. The number of non-ortho nitro benzene ring substituents is 1. The Morgan fingerprint density at radius 3 is 2.70 bits per heavy atom. The SMILES string of the molecule is O=C1Nc2cc([N+](=O)[O-])cc(CN3CCCCC3)c2NC1CO. The third kappa shape index (κ3) is 3.27. The van der Waals surface area contributed by atoms with Crippen LogP contribution in [-0.4, -0.2) is 46.6 Å². The van der Waals surface area contributed by atoms with Gasteiger partial charge in [-0.2, -0.15) is 0 Å². The van der Waals surface area contributed by atoms with Gasteiger partial charge in [0.15, 0.2) is 0 Å². The van der Waals surface area contributed by atoms with Gasteiger partial charge in [0.25, 0.3) is 5.69 Å². The lowest BCUT2D eigenvalue weighted by Crippen LogP contribution is -2.42. The molecule has 0 aliphatic carbocycles. The molecule has 0 spiro atoms. The van der Waals surface area contributed by atoms with Crippen molar-refractivity contribution in [2.75, 3.05) is 30.3 Å². The number of carbonyl (C=O) groups excluding carboxylic acids is 1. The van der Waals surface area contributed by atoms with E-state index >= 15 is 0 Å². The molecule has 124 valence electrons. The Morgan fingerprint density at radius 2 is 2.04 bits per heavy atom. The standard InChI is InChI=1S/C15H20N4O4/c20-9-13-15(21)17-12-7-11(19(22)23)6-10(14(12)16-13)8-18-4-2-1-3-5-18/h6-7,13,16,20H,1-5,8-9H2,(H,17,21). The van der Waals surface area contributed by atoms with E-state index in [2.05, 4.69) is 15.5 Å². The Bertz CT molecular complexity index is 628. The van der Waals surface area contributed by atoms with Crippen molar-refractivity contribution in [1.82, 2.24) is 4.90 Å². The number of amides is 1. The quantitative estimate of drug-likeness (QED) is 0.570. The Hall–Kier alpha value is -2.19.